The van der Waals surface area contributed by atoms with Crippen molar-refractivity contribution in [3.63, 3.8) is 0 Å². The van der Waals surface area contributed by atoms with Crippen LogP contribution in [0.4, 0.5) is 14.5 Å². The van der Waals surface area contributed by atoms with Crippen LogP contribution in [0.25, 0.3) is 0 Å². The molecule has 0 radical (unpaired) electrons. The van der Waals surface area contributed by atoms with Crippen LogP contribution in [0.3, 0.4) is 0 Å². The van der Waals surface area contributed by atoms with Crippen molar-refractivity contribution in [2.45, 2.75) is 19.4 Å². The smallest absolute Gasteiger partial charge is 0.285 e. The van der Waals surface area contributed by atoms with Crippen molar-refractivity contribution in [1.29, 1.82) is 0 Å². The van der Waals surface area contributed by atoms with Crippen molar-refractivity contribution in [2.75, 3.05) is 18.0 Å². The fourth-order valence-electron chi connectivity index (χ4n) is 3.08. The van der Waals surface area contributed by atoms with E-state index < -0.39 is 12.0 Å². The zero-order chi connectivity index (χ0) is 19.6. The molecule has 0 aliphatic carbocycles. The minimum Gasteiger partial charge on any atom is -0.399 e. The first-order chi connectivity index (χ1) is 12.9. The van der Waals surface area contributed by atoms with Crippen LogP contribution < -0.4 is 22.0 Å². The molecule has 1 aliphatic rings. The lowest BCUT2D eigenvalue weighted by Crippen LogP contribution is -2.42. The van der Waals surface area contributed by atoms with Gasteiger partial charge in [-0.2, -0.15) is 5.10 Å². The van der Waals surface area contributed by atoms with E-state index in [0.29, 0.717) is 42.2 Å². The molecule has 1 aromatic heterocycles. The highest BCUT2D eigenvalue weighted by molar-refractivity contribution is 6.33. The van der Waals surface area contributed by atoms with Gasteiger partial charge in [0.2, 0.25) is 0 Å². The summed E-state index contributed by atoms with van der Waals surface area (Å²) in [6, 6.07) is 6.26. The molecular weight excluding hydrogens is 378 g/mol. The second-order valence-corrected chi connectivity index (χ2v) is 6.55. The van der Waals surface area contributed by atoms with Crippen LogP contribution in [0.15, 0.2) is 46.7 Å². The molecule has 2 aromatic rings. The first kappa shape index (κ1) is 19.1. The minimum atomic E-state index is -2.58. The number of hydrogen-bond donors (Lipinski definition) is 3. The molecule has 144 valence electrons. The number of aromatic amines is 1. The number of nitrogens with zero attached hydrogens (tertiary/aromatic N) is 3. The Kier molecular flexibility index (Phi) is 5.62. The zero-order valence-corrected chi connectivity index (χ0v) is 15.1. The van der Waals surface area contributed by atoms with E-state index in [2.05, 4.69) is 10.2 Å². The van der Waals surface area contributed by atoms with Crippen LogP contribution in [0.5, 0.6) is 0 Å². The number of nitrogens with one attached hydrogen (secondary N) is 1. The van der Waals surface area contributed by atoms with Gasteiger partial charge in [-0.25, -0.2) is 19.7 Å². The van der Waals surface area contributed by atoms with Crippen molar-refractivity contribution in [3.8, 4) is 0 Å². The van der Waals surface area contributed by atoms with Crippen LogP contribution in [-0.2, 0) is 6.54 Å². The molecular formula is C17H19ClF2N6O. The molecule has 10 heteroatoms. The van der Waals surface area contributed by atoms with Gasteiger partial charge >= 0.3 is 0 Å². The number of rotatable bonds is 5. The van der Waals surface area contributed by atoms with Crippen molar-refractivity contribution in [3.05, 3.63) is 68.4 Å². The summed E-state index contributed by atoms with van der Waals surface area (Å²) in [5, 5.41) is 7.45. The summed E-state index contributed by atoms with van der Waals surface area (Å²) in [5.41, 5.74) is 7.71. The highest BCUT2D eigenvalue weighted by atomic mass is 35.5. The lowest BCUT2D eigenvalue weighted by molar-refractivity contribution is 0.149. The number of alkyl halides is 2. The highest BCUT2D eigenvalue weighted by Crippen LogP contribution is 2.28. The maximum atomic E-state index is 13.2. The second kappa shape index (κ2) is 7.93. The van der Waals surface area contributed by atoms with E-state index in [1.54, 1.807) is 18.2 Å². The summed E-state index contributed by atoms with van der Waals surface area (Å²) in [6.07, 6.45) is -0.641. The van der Waals surface area contributed by atoms with Gasteiger partial charge in [0.1, 0.15) is 5.02 Å². The summed E-state index contributed by atoms with van der Waals surface area (Å²) >= 11 is 6.04. The summed E-state index contributed by atoms with van der Waals surface area (Å²) in [7, 11) is 0. The molecule has 0 unspecified atom stereocenters. The summed E-state index contributed by atoms with van der Waals surface area (Å²) in [5.74, 6) is 6.12. The van der Waals surface area contributed by atoms with Gasteiger partial charge in [0.25, 0.3) is 12.0 Å². The normalized spacial score (nSPS) is 14.8. The van der Waals surface area contributed by atoms with E-state index in [1.807, 2.05) is 4.90 Å². The maximum absolute atomic E-state index is 13.2. The predicted molar refractivity (Wildman–Crippen MR) is 99.0 cm³/mol. The second-order valence-electron chi connectivity index (χ2n) is 6.17. The average molecular weight is 397 g/mol. The lowest BCUT2D eigenvalue weighted by atomic mass is 10.1. The topological polar surface area (TPSA) is 104 Å². The van der Waals surface area contributed by atoms with E-state index in [4.69, 9.17) is 23.2 Å². The number of hydrogen-bond acceptors (Lipinski definition) is 6. The van der Waals surface area contributed by atoms with E-state index in [9.17, 15) is 13.6 Å². The molecule has 0 bridgehead atoms. The Morgan fingerprint density at radius 1 is 1.37 bits per heavy atom. The third-order valence-corrected chi connectivity index (χ3v) is 4.81. The molecule has 0 saturated heterocycles. The zero-order valence-electron chi connectivity index (χ0n) is 14.3. The van der Waals surface area contributed by atoms with Gasteiger partial charge in [-0.15, -0.1) is 0 Å². The van der Waals surface area contributed by atoms with Crippen molar-refractivity contribution < 1.29 is 8.78 Å². The number of aromatic nitrogens is 2. The van der Waals surface area contributed by atoms with Gasteiger partial charge in [-0.1, -0.05) is 35.9 Å². The first-order valence-electron chi connectivity index (χ1n) is 8.22. The van der Waals surface area contributed by atoms with Crippen LogP contribution in [-0.4, -0.2) is 28.3 Å². The Morgan fingerprint density at radius 3 is 2.81 bits per heavy atom. The molecule has 0 saturated carbocycles. The Bertz CT molecular complexity index is 916. The molecule has 0 spiro atoms. The molecule has 2 heterocycles. The van der Waals surface area contributed by atoms with Crippen LogP contribution in [0.2, 0.25) is 5.02 Å². The van der Waals surface area contributed by atoms with Gasteiger partial charge < -0.3 is 15.6 Å². The Morgan fingerprint density at radius 2 is 2.11 bits per heavy atom. The maximum Gasteiger partial charge on any atom is 0.285 e. The van der Waals surface area contributed by atoms with E-state index in [1.165, 1.54) is 17.3 Å². The molecule has 0 fully saturated rings. The molecule has 1 aliphatic heterocycles. The Balaban J connectivity index is 1.78. The molecule has 7 nitrogen and oxygen atoms in total. The summed E-state index contributed by atoms with van der Waals surface area (Å²) < 4.78 is 26.3. The van der Waals surface area contributed by atoms with Gasteiger partial charge in [0.05, 0.1) is 30.7 Å². The number of anilines is 1. The molecule has 1 aromatic carbocycles. The summed E-state index contributed by atoms with van der Waals surface area (Å²) in [6.45, 7) is 0.916. The largest absolute Gasteiger partial charge is 0.399 e. The van der Waals surface area contributed by atoms with Crippen molar-refractivity contribution >= 4 is 17.3 Å². The fourth-order valence-corrected chi connectivity index (χ4v) is 3.29. The monoisotopic (exact) mass is 396 g/mol. The Labute approximate surface area is 159 Å². The Hall–Kier alpha value is -2.65. The molecule has 27 heavy (non-hydrogen) atoms. The number of hydrazine groups is 1. The quantitative estimate of drug-likeness (QED) is 0.528. The number of benzene rings is 1. The first-order valence-corrected chi connectivity index (χ1v) is 8.60. The molecule has 3 rings (SSSR count). The van der Waals surface area contributed by atoms with Crippen LogP contribution in [0.1, 0.15) is 24.0 Å². The van der Waals surface area contributed by atoms with Crippen molar-refractivity contribution in [2.24, 2.45) is 11.6 Å². The van der Waals surface area contributed by atoms with Crippen molar-refractivity contribution in [1.82, 2.24) is 15.2 Å². The van der Waals surface area contributed by atoms with Crippen LogP contribution in [0, 0.1) is 0 Å². The predicted octanol–water partition coefficient (Wildman–Crippen LogP) is 2.12. The number of halogens is 3. The summed E-state index contributed by atoms with van der Waals surface area (Å²) in [4.78, 5) is 13.4. The standard InChI is InChI=1S/C17H19ClF2N6O/c18-15-14(7-23-24-17(15)27)25-6-5-13(12(21)9-25)26(22)8-10-3-1-2-4-11(10)16(19)20/h1-4,7,16H,5-6,8-9,21-22H2,(H,24,27). The number of H-pyrrole nitrogens is 1. The van der Waals surface area contributed by atoms with Gasteiger partial charge in [-0.05, 0) is 5.56 Å². The van der Waals surface area contributed by atoms with Crippen LogP contribution >= 0.6 is 11.6 Å². The van der Waals surface area contributed by atoms with Gasteiger partial charge in [0.15, 0.2) is 0 Å². The van der Waals surface area contributed by atoms with E-state index in [0.717, 1.165) is 0 Å². The minimum absolute atomic E-state index is 0.0386. The van der Waals surface area contributed by atoms with E-state index >= 15 is 0 Å². The SMILES string of the molecule is NC1=C(N(N)Cc2ccccc2C(F)F)CCN(c2cn[nH]c(=O)c2Cl)C1. The van der Waals surface area contributed by atoms with E-state index in [-0.39, 0.29) is 17.1 Å². The third-order valence-electron chi connectivity index (χ3n) is 4.45. The molecule has 0 atom stereocenters. The highest BCUT2D eigenvalue weighted by Gasteiger charge is 2.24. The average Bonchev–Trinajstić information content (AvgIpc) is 2.64. The molecule has 5 N–H and O–H groups in total. The third kappa shape index (κ3) is 4.04. The van der Waals surface area contributed by atoms with Gasteiger partial charge in [-0.3, -0.25) is 4.79 Å². The van der Waals surface area contributed by atoms with Gasteiger partial charge in [0, 0.05) is 24.2 Å². The fraction of sp³-hybridized carbons (Fsp3) is 0.294. The lowest BCUT2D eigenvalue weighted by Gasteiger charge is -2.34. The number of nitrogens with two attached hydrogens (primary N) is 2. The molecule has 0 amide bonds.